The number of nitrogens with zero attached hydrogens (tertiary/aromatic N) is 5. The Morgan fingerprint density at radius 3 is 2.53 bits per heavy atom. The monoisotopic (exact) mass is 598 g/mol. The number of ether oxygens (including phenoxy) is 1. The molecule has 6 rings (SSSR count). The van der Waals surface area contributed by atoms with E-state index in [9.17, 15) is 9.59 Å². The van der Waals surface area contributed by atoms with Crippen molar-refractivity contribution in [3.05, 3.63) is 83.0 Å². The van der Waals surface area contributed by atoms with Crippen LogP contribution in [-0.2, 0) is 11.3 Å². The van der Waals surface area contributed by atoms with Crippen molar-refractivity contribution in [3.63, 3.8) is 0 Å². The molecule has 3 N–H and O–H groups in total. The molecule has 4 heterocycles. The first kappa shape index (κ1) is 28.5. The van der Waals surface area contributed by atoms with Gasteiger partial charge in [-0.05, 0) is 37.1 Å². The van der Waals surface area contributed by atoms with Crippen LogP contribution in [0.25, 0.3) is 11.1 Å². The first-order chi connectivity index (χ1) is 20.9. The van der Waals surface area contributed by atoms with E-state index in [2.05, 4.69) is 42.1 Å². The van der Waals surface area contributed by atoms with Gasteiger partial charge in [0.05, 0.1) is 29.2 Å². The van der Waals surface area contributed by atoms with Gasteiger partial charge in [0.15, 0.2) is 11.5 Å². The van der Waals surface area contributed by atoms with Gasteiger partial charge in [-0.2, -0.15) is 0 Å². The van der Waals surface area contributed by atoms with Crippen LogP contribution in [0.15, 0.2) is 60.9 Å². The number of methoxy groups -OCH3 is 1. The molecule has 220 valence electrons. The smallest absolute Gasteiger partial charge is 0.273 e. The molecule has 0 spiro atoms. The predicted molar refractivity (Wildman–Crippen MR) is 164 cm³/mol. The van der Waals surface area contributed by atoms with E-state index < -0.39 is 5.91 Å². The zero-order valence-electron chi connectivity index (χ0n) is 23.8. The maximum atomic E-state index is 12.6. The second-order valence-corrected chi connectivity index (χ2v) is 11.1. The first-order valence-corrected chi connectivity index (χ1v) is 14.4. The molecule has 0 bridgehead atoms. The number of nitrogens with one attached hydrogen (secondary N) is 3. The summed E-state index contributed by atoms with van der Waals surface area (Å²) in [7, 11) is 3.11. The molecule has 0 radical (unpaired) electrons. The molecule has 1 aliphatic carbocycles. The molecule has 12 heteroatoms. The lowest BCUT2D eigenvalue weighted by Gasteiger charge is -2.38. The zero-order valence-corrected chi connectivity index (χ0v) is 24.6. The molecule has 0 unspecified atom stereocenters. The fourth-order valence-electron chi connectivity index (χ4n) is 5.06. The average Bonchev–Trinajstić information content (AvgIpc) is 3.86. The lowest BCUT2D eigenvalue weighted by molar-refractivity contribution is -0.117. The highest BCUT2D eigenvalue weighted by molar-refractivity contribution is 6.30. The molecule has 1 aromatic carbocycles. The summed E-state index contributed by atoms with van der Waals surface area (Å²) < 4.78 is 5.83. The quantitative estimate of drug-likeness (QED) is 0.238. The number of anilines is 3. The molecule has 2 aliphatic rings. The number of likely N-dealkylation sites (tertiary alicyclic amines) is 1. The number of pyridine rings is 2. The Hall–Kier alpha value is -4.61. The lowest BCUT2D eigenvalue weighted by Crippen LogP contribution is -2.44. The molecule has 3 aromatic heterocycles. The third-order valence-corrected chi connectivity index (χ3v) is 7.79. The van der Waals surface area contributed by atoms with Crippen molar-refractivity contribution in [3.8, 4) is 16.9 Å². The molecule has 2 fully saturated rings. The van der Waals surface area contributed by atoms with Crippen LogP contribution < -0.4 is 20.7 Å². The number of amides is 2. The Morgan fingerprint density at radius 2 is 1.86 bits per heavy atom. The number of hydrogen-bond acceptors (Lipinski definition) is 9. The summed E-state index contributed by atoms with van der Waals surface area (Å²) in [6.45, 7) is 2.61. The lowest BCUT2D eigenvalue weighted by atomic mass is 9.94. The van der Waals surface area contributed by atoms with Gasteiger partial charge in [-0.25, -0.2) is 0 Å². The maximum Gasteiger partial charge on any atom is 0.273 e. The van der Waals surface area contributed by atoms with E-state index in [1.54, 1.807) is 19.4 Å². The van der Waals surface area contributed by atoms with Gasteiger partial charge >= 0.3 is 0 Å². The SMILES string of the molecule is CNC(=O)c1nnc(NC(=O)C2CC2)cc1Nc1cccc(-c2ccc(C3CN(Cc4ccc(Cl)cn4)C3)nc2)c1OC. The van der Waals surface area contributed by atoms with Crippen LogP contribution >= 0.6 is 11.6 Å². The zero-order chi connectivity index (χ0) is 29.9. The van der Waals surface area contributed by atoms with Gasteiger partial charge in [0.25, 0.3) is 5.91 Å². The Morgan fingerprint density at radius 1 is 1.02 bits per heavy atom. The van der Waals surface area contributed by atoms with Gasteiger partial charge in [-0.1, -0.05) is 29.8 Å². The van der Waals surface area contributed by atoms with E-state index in [0.29, 0.717) is 28.1 Å². The van der Waals surface area contributed by atoms with E-state index in [0.717, 1.165) is 55.0 Å². The number of para-hydroxylation sites is 1. The Bertz CT molecular complexity index is 1640. The largest absolute Gasteiger partial charge is 0.494 e. The number of carbonyl (C=O) groups excluding carboxylic acids is 2. The van der Waals surface area contributed by atoms with Gasteiger partial charge in [-0.3, -0.25) is 24.5 Å². The van der Waals surface area contributed by atoms with Gasteiger partial charge in [0.1, 0.15) is 5.75 Å². The number of rotatable bonds is 10. The standard InChI is InChI=1S/C31H31ClN8O3/c1-33-31(42)28-26(12-27(38-39-28)37-30(41)18-6-7-18)36-25-5-3-4-23(29(25)43-2)19-8-11-24(35-13-19)20-15-40(16-20)17-22-10-9-21(32)14-34-22/h3-5,8-14,18,20H,6-7,15-17H2,1-2H3,(H,33,42)(H2,36,37,38,41). The second-order valence-electron chi connectivity index (χ2n) is 10.7. The van der Waals surface area contributed by atoms with Crippen LogP contribution in [0.2, 0.25) is 5.02 Å². The molecule has 4 aromatic rings. The second kappa shape index (κ2) is 12.3. The summed E-state index contributed by atoms with van der Waals surface area (Å²) in [4.78, 5) is 36.4. The third-order valence-electron chi connectivity index (χ3n) is 7.57. The summed E-state index contributed by atoms with van der Waals surface area (Å²) in [6, 6.07) is 15.2. The minimum absolute atomic E-state index is 0.00323. The maximum absolute atomic E-state index is 12.6. The van der Waals surface area contributed by atoms with Crippen molar-refractivity contribution in [1.29, 1.82) is 0 Å². The van der Waals surface area contributed by atoms with Crippen molar-refractivity contribution in [2.24, 2.45) is 5.92 Å². The van der Waals surface area contributed by atoms with E-state index in [1.165, 1.54) is 7.05 Å². The molecule has 0 atom stereocenters. The molecular formula is C31H31ClN8O3. The van der Waals surface area contributed by atoms with Gasteiger partial charge in [-0.15, -0.1) is 10.2 Å². The van der Waals surface area contributed by atoms with E-state index in [-0.39, 0.29) is 23.3 Å². The summed E-state index contributed by atoms with van der Waals surface area (Å²) in [5.41, 5.74) is 4.85. The van der Waals surface area contributed by atoms with Crippen LogP contribution in [-0.4, -0.2) is 64.1 Å². The molecular weight excluding hydrogens is 568 g/mol. The number of aromatic nitrogens is 4. The van der Waals surface area contributed by atoms with Crippen molar-refractivity contribution in [2.75, 3.05) is 37.9 Å². The first-order valence-electron chi connectivity index (χ1n) is 14.1. The number of carbonyl (C=O) groups is 2. The van der Waals surface area contributed by atoms with Crippen LogP contribution in [0.4, 0.5) is 17.2 Å². The van der Waals surface area contributed by atoms with Crippen LogP contribution in [0.3, 0.4) is 0 Å². The summed E-state index contributed by atoms with van der Waals surface area (Å²) in [6.07, 6.45) is 5.26. The fourth-order valence-corrected chi connectivity index (χ4v) is 5.17. The average molecular weight is 599 g/mol. The van der Waals surface area contributed by atoms with Gasteiger partial charge in [0.2, 0.25) is 5.91 Å². The predicted octanol–water partition coefficient (Wildman–Crippen LogP) is 4.65. The Labute approximate surface area is 254 Å². The fraction of sp³-hybridized carbons (Fsp3) is 0.290. The number of hydrogen-bond donors (Lipinski definition) is 3. The van der Waals surface area contributed by atoms with E-state index in [1.807, 2.05) is 42.6 Å². The van der Waals surface area contributed by atoms with Crippen LogP contribution in [0.5, 0.6) is 5.75 Å². The highest BCUT2D eigenvalue weighted by Gasteiger charge is 2.31. The minimum Gasteiger partial charge on any atom is -0.494 e. The Kier molecular flexibility index (Phi) is 8.17. The van der Waals surface area contributed by atoms with Gasteiger partial charge in [0, 0.05) is 73.8 Å². The van der Waals surface area contributed by atoms with Crippen molar-refractivity contribution in [1.82, 2.24) is 30.4 Å². The van der Waals surface area contributed by atoms with Gasteiger partial charge < -0.3 is 20.7 Å². The number of benzene rings is 1. The van der Waals surface area contributed by atoms with Crippen LogP contribution in [0, 0.1) is 5.92 Å². The summed E-state index contributed by atoms with van der Waals surface area (Å²) in [5.74, 6) is 0.684. The van der Waals surface area contributed by atoms with E-state index in [4.69, 9.17) is 21.3 Å². The summed E-state index contributed by atoms with van der Waals surface area (Å²) >= 11 is 5.95. The molecule has 43 heavy (non-hydrogen) atoms. The molecule has 1 saturated carbocycles. The Balaban J connectivity index is 1.18. The summed E-state index contributed by atoms with van der Waals surface area (Å²) in [5, 5.41) is 17.4. The van der Waals surface area contributed by atoms with Crippen molar-refractivity contribution in [2.45, 2.75) is 25.3 Å². The normalized spacial score (nSPS) is 15.0. The minimum atomic E-state index is -0.413. The van der Waals surface area contributed by atoms with Crippen molar-refractivity contribution >= 4 is 40.6 Å². The molecule has 1 saturated heterocycles. The molecule has 2 amide bonds. The van der Waals surface area contributed by atoms with Crippen LogP contribution in [0.1, 0.15) is 40.6 Å². The molecule has 1 aliphatic heterocycles. The van der Waals surface area contributed by atoms with Crippen molar-refractivity contribution < 1.29 is 14.3 Å². The molecule has 11 nitrogen and oxygen atoms in total. The topological polar surface area (TPSA) is 134 Å². The van der Waals surface area contributed by atoms with E-state index >= 15 is 0 Å². The number of halogens is 1. The highest BCUT2D eigenvalue weighted by Crippen LogP contribution is 2.39. The third kappa shape index (κ3) is 6.42. The highest BCUT2D eigenvalue weighted by atomic mass is 35.5.